The molecular weight excluding hydrogens is 212 g/mol. The highest BCUT2D eigenvalue weighted by Crippen LogP contribution is 2.31. The van der Waals surface area contributed by atoms with E-state index in [1.165, 1.54) is 13.2 Å². The molecule has 0 aromatic rings. The van der Waals surface area contributed by atoms with Crippen molar-refractivity contribution >= 4 is 0 Å². The maximum atomic E-state index is 9.70. The van der Waals surface area contributed by atoms with Gasteiger partial charge in [-0.15, -0.1) is 6.58 Å². The van der Waals surface area contributed by atoms with Crippen molar-refractivity contribution in [3.8, 4) is 0 Å². The summed E-state index contributed by atoms with van der Waals surface area (Å²) in [7, 11) is 1.47. The average molecular weight is 232 g/mol. The minimum Gasteiger partial charge on any atom is -0.394 e. The van der Waals surface area contributed by atoms with Crippen molar-refractivity contribution in [1.82, 2.24) is 0 Å². The number of hydrogen-bond acceptors (Lipinski definition) is 5. The molecule has 1 saturated heterocycles. The van der Waals surface area contributed by atoms with Gasteiger partial charge in [0.1, 0.15) is 24.4 Å². The van der Waals surface area contributed by atoms with Gasteiger partial charge in [-0.2, -0.15) is 0 Å². The Balaban J connectivity index is 2.80. The first kappa shape index (κ1) is 13.6. The summed E-state index contributed by atoms with van der Waals surface area (Å²) in [5, 5.41) is 18.9. The Morgan fingerprint density at radius 3 is 2.56 bits per heavy atom. The number of hydrogen-bond donors (Lipinski definition) is 2. The summed E-state index contributed by atoms with van der Waals surface area (Å²) < 4.78 is 16.3. The van der Waals surface area contributed by atoms with Gasteiger partial charge in [-0.3, -0.25) is 0 Å². The molecule has 0 amide bonds. The fourth-order valence-corrected chi connectivity index (χ4v) is 1.88. The van der Waals surface area contributed by atoms with Gasteiger partial charge in [0.2, 0.25) is 0 Å². The number of ether oxygens (including phenoxy) is 3. The van der Waals surface area contributed by atoms with Crippen LogP contribution in [0.5, 0.6) is 0 Å². The number of aliphatic hydroxyl groups excluding tert-OH is 2. The van der Waals surface area contributed by atoms with Gasteiger partial charge in [-0.25, -0.2) is 0 Å². The van der Waals surface area contributed by atoms with Gasteiger partial charge in [0.25, 0.3) is 0 Å². The summed E-state index contributed by atoms with van der Waals surface area (Å²) in [6, 6.07) is 0. The van der Waals surface area contributed by atoms with E-state index in [2.05, 4.69) is 6.58 Å². The first-order valence-electron chi connectivity index (χ1n) is 5.25. The Morgan fingerprint density at radius 1 is 1.50 bits per heavy atom. The Labute approximate surface area is 95.6 Å². The minimum absolute atomic E-state index is 0.183. The summed E-state index contributed by atoms with van der Waals surface area (Å²) in [5.41, 5.74) is 0. The molecule has 4 atom stereocenters. The number of rotatable bonds is 5. The molecule has 1 fully saturated rings. The highest BCUT2D eigenvalue weighted by molar-refractivity contribution is 4.95. The van der Waals surface area contributed by atoms with Crippen LogP contribution >= 0.6 is 0 Å². The first-order valence-corrected chi connectivity index (χ1v) is 5.25. The third-order valence-electron chi connectivity index (χ3n) is 2.58. The van der Waals surface area contributed by atoms with Gasteiger partial charge in [0, 0.05) is 7.11 Å². The standard InChI is InChI=1S/C11H20O5/c1-5-7(13)9(14-4)10-8(6-12)15-11(2,3)16-10/h5,7-10,12-13H,1,6H2,2-4H3/t7-,8-,9-,10-/m0/s1. The van der Waals surface area contributed by atoms with E-state index in [0.29, 0.717) is 0 Å². The van der Waals surface area contributed by atoms with Crippen molar-refractivity contribution in [1.29, 1.82) is 0 Å². The first-order chi connectivity index (χ1) is 7.45. The van der Waals surface area contributed by atoms with Crippen LogP contribution in [-0.2, 0) is 14.2 Å². The summed E-state index contributed by atoms with van der Waals surface area (Å²) >= 11 is 0. The van der Waals surface area contributed by atoms with Crippen LogP contribution in [0.4, 0.5) is 0 Å². The van der Waals surface area contributed by atoms with Crippen molar-refractivity contribution in [3.05, 3.63) is 12.7 Å². The zero-order valence-electron chi connectivity index (χ0n) is 9.92. The van der Waals surface area contributed by atoms with Crippen LogP contribution in [0.1, 0.15) is 13.8 Å². The highest BCUT2D eigenvalue weighted by Gasteiger charge is 2.46. The summed E-state index contributed by atoms with van der Waals surface area (Å²) in [5.74, 6) is -0.782. The molecule has 0 unspecified atom stereocenters. The quantitative estimate of drug-likeness (QED) is 0.656. The molecule has 0 bridgehead atoms. The maximum absolute atomic E-state index is 9.70. The summed E-state index contributed by atoms with van der Waals surface area (Å²) in [6.45, 7) is 6.82. The van der Waals surface area contributed by atoms with Crippen LogP contribution in [0, 0.1) is 0 Å². The Kier molecular flexibility index (Phi) is 4.46. The van der Waals surface area contributed by atoms with E-state index >= 15 is 0 Å². The fraction of sp³-hybridized carbons (Fsp3) is 0.818. The lowest BCUT2D eigenvalue weighted by Gasteiger charge is -2.27. The molecule has 0 spiro atoms. The molecule has 16 heavy (non-hydrogen) atoms. The van der Waals surface area contributed by atoms with Crippen molar-refractivity contribution in [2.24, 2.45) is 0 Å². The Morgan fingerprint density at radius 2 is 2.12 bits per heavy atom. The van der Waals surface area contributed by atoms with Crippen molar-refractivity contribution in [2.75, 3.05) is 13.7 Å². The van der Waals surface area contributed by atoms with Gasteiger partial charge >= 0.3 is 0 Å². The van der Waals surface area contributed by atoms with Gasteiger partial charge in [-0.05, 0) is 13.8 Å². The van der Waals surface area contributed by atoms with E-state index in [-0.39, 0.29) is 6.61 Å². The topological polar surface area (TPSA) is 68.2 Å². The van der Waals surface area contributed by atoms with Crippen LogP contribution in [-0.4, -0.2) is 54.1 Å². The smallest absolute Gasteiger partial charge is 0.164 e. The molecule has 5 heteroatoms. The van der Waals surface area contributed by atoms with Gasteiger partial charge in [0.05, 0.1) is 6.61 Å². The van der Waals surface area contributed by atoms with Crippen LogP contribution in [0.15, 0.2) is 12.7 Å². The van der Waals surface area contributed by atoms with Gasteiger partial charge in [-0.1, -0.05) is 6.08 Å². The predicted molar refractivity (Wildman–Crippen MR) is 57.9 cm³/mol. The number of methoxy groups -OCH3 is 1. The van der Waals surface area contributed by atoms with E-state index < -0.39 is 30.2 Å². The second kappa shape index (κ2) is 5.25. The molecule has 0 saturated carbocycles. The van der Waals surface area contributed by atoms with Crippen LogP contribution < -0.4 is 0 Å². The SMILES string of the molecule is C=C[C@H](O)[C@H](OC)[C@H]1OC(C)(C)O[C@H]1CO. The second-order valence-electron chi connectivity index (χ2n) is 4.25. The van der Waals surface area contributed by atoms with E-state index in [4.69, 9.17) is 14.2 Å². The third-order valence-corrected chi connectivity index (χ3v) is 2.58. The van der Waals surface area contributed by atoms with Gasteiger partial charge in [0.15, 0.2) is 5.79 Å². The lowest BCUT2D eigenvalue weighted by atomic mass is 10.0. The van der Waals surface area contributed by atoms with Crippen molar-refractivity contribution < 1.29 is 24.4 Å². The predicted octanol–water partition coefficient (Wildman–Crippen LogP) is 0.0607. The summed E-state index contributed by atoms with van der Waals surface area (Å²) in [4.78, 5) is 0. The Hall–Kier alpha value is -0.460. The molecule has 0 aromatic heterocycles. The normalized spacial score (nSPS) is 32.3. The zero-order valence-corrected chi connectivity index (χ0v) is 9.92. The maximum Gasteiger partial charge on any atom is 0.164 e. The molecular formula is C11H20O5. The van der Waals surface area contributed by atoms with E-state index in [1.807, 2.05) is 0 Å². The molecule has 94 valence electrons. The molecule has 1 aliphatic rings. The molecule has 5 nitrogen and oxygen atoms in total. The minimum atomic E-state index is -0.860. The highest BCUT2D eigenvalue weighted by atomic mass is 16.8. The van der Waals surface area contributed by atoms with Crippen molar-refractivity contribution in [2.45, 2.75) is 44.1 Å². The second-order valence-corrected chi connectivity index (χ2v) is 4.25. The van der Waals surface area contributed by atoms with Crippen LogP contribution in [0.2, 0.25) is 0 Å². The monoisotopic (exact) mass is 232 g/mol. The zero-order chi connectivity index (χ0) is 12.3. The third kappa shape index (κ3) is 2.81. The largest absolute Gasteiger partial charge is 0.394 e. The molecule has 1 aliphatic heterocycles. The molecule has 0 aromatic carbocycles. The molecule has 2 N–H and O–H groups in total. The van der Waals surface area contributed by atoms with Gasteiger partial charge < -0.3 is 24.4 Å². The molecule has 1 rings (SSSR count). The molecule has 0 radical (unpaired) electrons. The van der Waals surface area contributed by atoms with Crippen LogP contribution in [0.25, 0.3) is 0 Å². The van der Waals surface area contributed by atoms with Crippen LogP contribution in [0.3, 0.4) is 0 Å². The molecule has 1 heterocycles. The fourth-order valence-electron chi connectivity index (χ4n) is 1.88. The lowest BCUT2D eigenvalue weighted by Crippen LogP contribution is -2.44. The molecule has 0 aliphatic carbocycles. The van der Waals surface area contributed by atoms with Crippen molar-refractivity contribution in [3.63, 3.8) is 0 Å². The summed E-state index contributed by atoms with van der Waals surface area (Å²) in [6.07, 6.45) is -1.11. The number of aliphatic hydroxyl groups is 2. The Bertz CT molecular complexity index is 241. The van der Waals surface area contributed by atoms with E-state index in [9.17, 15) is 10.2 Å². The average Bonchev–Trinajstić information content (AvgIpc) is 2.54. The van der Waals surface area contributed by atoms with E-state index in [0.717, 1.165) is 0 Å². The van der Waals surface area contributed by atoms with E-state index in [1.54, 1.807) is 13.8 Å². The lowest BCUT2D eigenvalue weighted by molar-refractivity contribution is -0.164.